The molecule has 0 spiro atoms. The molecule has 0 aliphatic heterocycles. The summed E-state index contributed by atoms with van der Waals surface area (Å²) in [6.07, 6.45) is 0.754. The van der Waals surface area contributed by atoms with Gasteiger partial charge in [-0.05, 0) is 19.4 Å². The number of hydrogen-bond acceptors (Lipinski definition) is 4. The third-order valence-corrected chi connectivity index (χ3v) is 2.96. The van der Waals surface area contributed by atoms with Gasteiger partial charge in [-0.2, -0.15) is 9.78 Å². The van der Waals surface area contributed by atoms with Crippen molar-refractivity contribution in [3.8, 4) is 0 Å². The summed E-state index contributed by atoms with van der Waals surface area (Å²) in [7, 11) is 0. The van der Waals surface area contributed by atoms with E-state index in [2.05, 4.69) is 5.10 Å². The number of carbonyl (C=O) groups is 2. The van der Waals surface area contributed by atoms with Crippen molar-refractivity contribution in [3.63, 3.8) is 0 Å². The van der Waals surface area contributed by atoms with Crippen molar-refractivity contribution in [2.45, 2.75) is 32.8 Å². The maximum absolute atomic E-state index is 12.1. The largest absolute Gasteiger partial charge is 0.476 e. The van der Waals surface area contributed by atoms with Gasteiger partial charge in [0.2, 0.25) is 0 Å². The summed E-state index contributed by atoms with van der Waals surface area (Å²) in [6, 6.07) is 6.67. The van der Waals surface area contributed by atoms with Crippen LogP contribution in [-0.4, -0.2) is 33.1 Å². The summed E-state index contributed by atoms with van der Waals surface area (Å²) < 4.78 is 6.25. The molecular formula is C14H16N2O4. The van der Waals surface area contributed by atoms with Crippen molar-refractivity contribution >= 4 is 23.0 Å². The first-order chi connectivity index (χ1) is 9.54. The summed E-state index contributed by atoms with van der Waals surface area (Å²) in [5.41, 5.74) is 0.277. The summed E-state index contributed by atoms with van der Waals surface area (Å²) in [5, 5.41) is 13.4. The highest BCUT2D eigenvalue weighted by Crippen LogP contribution is 2.19. The molecule has 0 bridgehead atoms. The molecule has 0 amide bonds. The zero-order chi connectivity index (χ0) is 14.7. The van der Waals surface area contributed by atoms with Crippen LogP contribution in [-0.2, 0) is 4.74 Å². The van der Waals surface area contributed by atoms with E-state index in [1.807, 2.05) is 6.92 Å². The molecule has 0 aliphatic rings. The fraction of sp³-hybridized carbons (Fsp3) is 0.357. The van der Waals surface area contributed by atoms with Crippen molar-refractivity contribution in [1.29, 1.82) is 0 Å². The number of nitrogens with zero attached hydrogens (tertiary/aromatic N) is 2. The third kappa shape index (κ3) is 2.64. The van der Waals surface area contributed by atoms with Gasteiger partial charge in [0.25, 0.3) is 0 Å². The van der Waals surface area contributed by atoms with Crippen LogP contribution in [0.1, 0.15) is 37.2 Å². The number of benzene rings is 1. The second kappa shape index (κ2) is 5.73. The maximum Gasteiger partial charge on any atom is 0.435 e. The van der Waals surface area contributed by atoms with E-state index in [-0.39, 0.29) is 11.8 Å². The smallest absolute Gasteiger partial charge is 0.435 e. The summed E-state index contributed by atoms with van der Waals surface area (Å²) in [4.78, 5) is 23.2. The molecule has 1 atom stereocenters. The van der Waals surface area contributed by atoms with Gasteiger partial charge in [-0.1, -0.05) is 31.5 Å². The highest BCUT2D eigenvalue weighted by Gasteiger charge is 2.21. The van der Waals surface area contributed by atoms with Crippen LogP contribution in [0.15, 0.2) is 24.3 Å². The van der Waals surface area contributed by atoms with Crippen LogP contribution in [0.25, 0.3) is 10.9 Å². The Kier molecular flexibility index (Phi) is 4.02. The number of carboxylic acids is 1. The van der Waals surface area contributed by atoms with Crippen LogP contribution in [0.2, 0.25) is 0 Å². The highest BCUT2D eigenvalue weighted by molar-refractivity contribution is 6.03. The van der Waals surface area contributed by atoms with Crippen molar-refractivity contribution in [2.24, 2.45) is 0 Å². The third-order valence-electron chi connectivity index (χ3n) is 2.96. The summed E-state index contributed by atoms with van der Waals surface area (Å²) in [5.74, 6) is -1.17. The Hall–Kier alpha value is -2.37. The van der Waals surface area contributed by atoms with E-state index >= 15 is 0 Å². The van der Waals surface area contributed by atoms with Crippen LogP contribution in [0.3, 0.4) is 0 Å². The number of carboxylic acid groups (broad SMARTS) is 1. The van der Waals surface area contributed by atoms with Crippen LogP contribution < -0.4 is 0 Å². The van der Waals surface area contributed by atoms with Gasteiger partial charge in [0.05, 0.1) is 5.52 Å². The highest BCUT2D eigenvalue weighted by atomic mass is 16.6. The zero-order valence-corrected chi connectivity index (χ0v) is 11.4. The molecule has 1 aromatic carbocycles. The van der Waals surface area contributed by atoms with Crippen molar-refractivity contribution < 1.29 is 19.4 Å². The molecule has 1 unspecified atom stereocenters. The molecular weight excluding hydrogens is 260 g/mol. The molecule has 0 saturated carbocycles. The molecule has 0 radical (unpaired) electrons. The number of ether oxygens (including phenoxy) is 1. The quantitative estimate of drug-likeness (QED) is 0.928. The topological polar surface area (TPSA) is 81.4 Å². The molecule has 2 aromatic rings. The minimum absolute atomic E-state index is 0.152. The standard InChI is InChI=1S/C14H16N2O4/c1-3-6-9(2)20-14(19)16-11-8-5-4-7-10(11)12(15-16)13(17)18/h4-5,7-9H,3,6H2,1-2H3,(H,17,18). The zero-order valence-electron chi connectivity index (χ0n) is 11.4. The minimum atomic E-state index is -1.17. The lowest BCUT2D eigenvalue weighted by Gasteiger charge is -2.11. The molecule has 1 N–H and O–H groups in total. The molecule has 0 saturated heterocycles. The van der Waals surface area contributed by atoms with Gasteiger partial charge >= 0.3 is 12.1 Å². The van der Waals surface area contributed by atoms with E-state index in [9.17, 15) is 9.59 Å². The lowest BCUT2D eigenvalue weighted by Crippen LogP contribution is -2.21. The first kappa shape index (κ1) is 14.0. The predicted octanol–water partition coefficient (Wildman–Crippen LogP) is 2.91. The lowest BCUT2D eigenvalue weighted by molar-refractivity contribution is 0.0691. The first-order valence-electron chi connectivity index (χ1n) is 6.46. The molecule has 1 aromatic heterocycles. The van der Waals surface area contributed by atoms with Crippen molar-refractivity contribution in [1.82, 2.24) is 9.78 Å². The number of hydrogen-bond donors (Lipinski definition) is 1. The molecule has 2 rings (SSSR count). The Morgan fingerprint density at radius 2 is 2.10 bits per heavy atom. The monoisotopic (exact) mass is 276 g/mol. The second-order valence-electron chi connectivity index (χ2n) is 4.57. The van der Waals surface area contributed by atoms with E-state index in [1.165, 1.54) is 0 Å². The average Bonchev–Trinajstić information content (AvgIpc) is 2.78. The number of fused-ring (bicyclic) bond motifs is 1. The molecule has 6 heteroatoms. The Balaban J connectivity index is 2.39. The van der Waals surface area contributed by atoms with Crippen LogP contribution in [0, 0.1) is 0 Å². The van der Waals surface area contributed by atoms with Gasteiger partial charge in [0, 0.05) is 5.39 Å². The van der Waals surface area contributed by atoms with Gasteiger partial charge in [-0.15, -0.1) is 0 Å². The second-order valence-corrected chi connectivity index (χ2v) is 4.57. The van der Waals surface area contributed by atoms with Crippen LogP contribution in [0.5, 0.6) is 0 Å². The molecule has 6 nitrogen and oxygen atoms in total. The summed E-state index contributed by atoms with van der Waals surface area (Å²) in [6.45, 7) is 3.79. The number of carbonyl (C=O) groups excluding carboxylic acids is 1. The Bertz CT molecular complexity index is 648. The maximum atomic E-state index is 12.1. The molecule has 20 heavy (non-hydrogen) atoms. The number of rotatable bonds is 4. The molecule has 0 fully saturated rings. The minimum Gasteiger partial charge on any atom is -0.476 e. The first-order valence-corrected chi connectivity index (χ1v) is 6.46. The van der Waals surface area contributed by atoms with Gasteiger partial charge in [0.15, 0.2) is 5.69 Å². The fourth-order valence-corrected chi connectivity index (χ4v) is 2.05. The van der Waals surface area contributed by atoms with Gasteiger partial charge in [0.1, 0.15) is 6.10 Å². The Morgan fingerprint density at radius 1 is 1.40 bits per heavy atom. The molecule has 0 aliphatic carbocycles. The van der Waals surface area contributed by atoms with Crippen LogP contribution >= 0.6 is 0 Å². The molecule has 1 heterocycles. The van der Waals surface area contributed by atoms with Crippen molar-refractivity contribution in [3.05, 3.63) is 30.0 Å². The van der Waals surface area contributed by atoms with Crippen LogP contribution in [0.4, 0.5) is 4.79 Å². The van der Waals surface area contributed by atoms with E-state index in [0.717, 1.165) is 17.5 Å². The van der Waals surface area contributed by atoms with E-state index < -0.39 is 12.1 Å². The lowest BCUT2D eigenvalue weighted by atomic mass is 10.2. The fourth-order valence-electron chi connectivity index (χ4n) is 2.05. The van der Waals surface area contributed by atoms with E-state index in [4.69, 9.17) is 9.84 Å². The number of aromatic carboxylic acids is 1. The summed E-state index contributed by atoms with van der Waals surface area (Å²) >= 11 is 0. The van der Waals surface area contributed by atoms with Gasteiger partial charge in [-0.3, -0.25) is 0 Å². The average molecular weight is 276 g/mol. The van der Waals surface area contributed by atoms with Gasteiger partial charge in [-0.25, -0.2) is 9.59 Å². The van der Waals surface area contributed by atoms with E-state index in [1.54, 1.807) is 31.2 Å². The Morgan fingerprint density at radius 3 is 2.75 bits per heavy atom. The van der Waals surface area contributed by atoms with E-state index in [0.29, 0.717) is 10.9 Å². The van der Waals surface area contributed by atoms with Gasteiger partial charge < -0.3 is 9.84 Å². The number of para-hydroxylation sites is 1. The normalized spacial score (nSPS) is 12.3. The predicted molar refractivity (Wildman–Crippen MR) is 72.9 cm³/mol. The van der Waals surface area contributed by atoms with Crippen molar-refractivity contribution in [2.75, 3.05) is 0 Å². The SMILES string of the molecule is CCCC(C)OC(=O)n1nc(C(=O)O)c2ccccc21. The number of aromatic nitrogens is 2. The molecule has 106 valence electrons. The Labute approximate surface area is 116 Å².